The number of benzene rings is 2. The minimum atomic E-state index is -0.535. The molecule has 172 valence electrons. The van der Waals surface area contributed by atoms with Gasteiger partial charge in [0.05, 0.1) is 0 Å². The predicted molar refractivity (Wildman–Crippen MR) is 131 cm³/mol. The van der Waals surface area contributed by atoms with Gasteiger partial charge in [0.2, 0.25) is 11.8 Å². The summed E-state index contributed by atoms with van der Waals surface area (Å²) >= 11 is 12.5. The third kappa shape index (κ3) is 6.98. The first kappa shape index (κ1) is 24.6. The fraction of sp³-hybridized carbons (Fsp3) is 0.462. The van der Waals surface area contributed by atoms with Crippen LogP contribution in [0.2, 0.25) is 10.0 Å². The van der Waals surface area contributed by atoms with Crippen LogP contribution in [0.4, 0.5) is 0 Å². The van der Waals surface area contributed by atoms with E-state index in [-0.39, 0.29) is 24.4 Å². The summed E-state index contributed by atoms with van der Waals surface area (Å²) < 4.78 is 0. The molecule has 2 amide bonds. The molecule has 2 aromatic carbocycles. The summed E-state index contributed by atoms with van der Waals surface area (Å²) in [5.74, 6) is -0.122. The first-order valence-electron chi connectivity index (χ1n) is 11.6. The zero-order chi connectivity index (χ0) is 22.9. The number of hydrogen-bond donors (Lipinski definition) is 1. The highest BCUT2D eigenvalue weighted by Crippen LogP contribution is 2.25. The Labute approximate surface area is 201 Å². The molecule has 0 saturated heterocycles. The second kappa shape index (κ2) is 12.3. The van der Waals surface area contributed by atoms with Crippen LogP contribution in [0.15, 0.2) is 48.5 Å². The Morgan fingerprint density at radius 1 is 1.06 bits per heavy atom. The highest BCUT2D eigenvalue weighted by molar-refractivity contribution is 6.35. The lowest BCUT2D eigenvalue weighted by molar-refractivity contribution is -0.141. The molecule has 4 nitrogen and oxygen atoms in total. The molecule has 1 unspecified atom stereocenters. The topological polar surface area (TPSA) is 49.4 Å². The van der Waals surface area contributed by atoms with Crippen molar-refractivity contribution in [1.29, 1.82) is 0 Å². The van der Waals surface area contributed by atoms with E-state index in [9.17, 15) is 9.59 Å². The van der Waals surface area contributed by atoms with E-state index in [4.69, 9.17) is 23.2 Å². The number of halogens is 2. The van der Waals surface area contributed by atoms with Crippen molar-refractivity contribution >= 4 is 35.0 Å². The van der Waals surface area contributed by atoms with E-state index in [1.807, 2.05) is 43.3 Å². The van der Waals surface area contributed by atoms with Crippen LogP contribution < -0.4 is 5.32 Å². The number of aryl methyl sites for hydroxylation is 1. The van der Waals surface area contributed by atoms with E-state index in [0.29, 0.717) is 29.3 Å². The Balaban J connectivity index is 1.78. The second-order valence-corrected chi connectivity index (χ2v) is 9.35. The van der Waals surface area contributed by atoms with Gasteiger partial charge < -0.3 is 10.2 Å². The van der Waals surface area contributed by atoms with E-state index in [1.165, 1.54) is 6.42 Å². The quantitative estimate of drug-likeness (QED) is 0.471. The molecular weight excluding hydrogens is 443 g/mol. The van der Waals surface area contributed by atoms with Gasteiger partial charge in [-0.25, -0.2) is 0 Å². The van der Waals surface area contributed by atoms with Crippen LogP contribution in [0.5, 0.6) is 0 Å². The molecule has 1 aliphatic carbocycles. The van der Waals surface area contributed by atoms with Crippen molar-refractivity contribution in [3.8, 4) is 0 Å². The molecule has 0 radical (unpaired) electrons. The van der Waals surface area contributed by atoms with Crippen LogP contribution in [-0.2, 0) is 22.6 Å². The Kier molecular flexibility index (Phi) is 9.43. The van der Waals surface area contributed by atoms with Crippen molar-refractivity contribution in [3.05, 3.63) is 69.7 Å². The highest BCUT2D eigenvalue weighted by Gasteiger charge is 2.30. The summed E-state index contributed by atoms with van der Waals surface area (Å²) in [6, 6.07) is 14.9. The molecule has 0 aliphatic heterocycles. The molecule has 1 fully saturated rings. The second-order valence-electron chi connectivity index (χ2n) is 8.51. The molecule has 0 aromatic heterocycles. The molecule has 32 heavy (non-hydrogen) atoms. The van der Waals surface area contributed by atoms with Crippen molar-refractivity contribution in [2.75, 3.05) is 0 Å². The largest absolute Gasteiger partial charge is 0.352 e. The lowest BCUT2D eigenvalue weighted by Gasteiger charge is -2.33. The Morgan fingerprint density at radius 2 is 1.78 bits per heavy atom. The van der Waals surface area contributed by atoms with Gasteiger partial charge in [0.1, 0.15) is 6.04 Å². The number of nitrogens with one attached hydrogen (secondary N) is 1. The molecule has 1 saturated carbocycles. The molecular formula is C26H32Cl2N2O2. The van der Waals surface area contributed by atoms with Gasteiger partial charge in [0.15, 0.2) is 0 Å². The van der Waals surface area contributed by atoms with Gasteiger partial charge in [-0.1, -0.05) is 85.8 Å². The maximum absolute atomic E-state index is 13.4. The standard InChI is InChI=1S/C26H32Cl2N2O2/c1-2-24(26(32)29-22-11-7-4-8-12-22)30(18-20-14-15-21(27)17-23(20)28)25(31)16-13-19-9-5-3-6-10-19/h3,5-6,9-10,14-15,17,22,24H,2,4,7-8,11-13,16,18H2,1H3,(H,29,32). The van der Waals surface area contributed by atoms with Crippen LogP contribution >= 0.6 is 23.2 Å². The van der Waals surface area contributed by atoms with Crippen molar-refractivity contribution in [2.24, 2.45) is 0 Å². The summed E-state index contributed by atoms with van der Waals surface area (Å²) in [4.78, 5) is 28.3. The highest BCUT2D eigenvalue weighted by atomic mass is 35.5. The van der Waals surface area contributed by atoms with E-state index in [0.717, 1.165) is 36.8 Å². The van der Waals surface area contributed by atoms with Crippen LogP contribution in [0.3, 0.4) is 0 Å². The maximum Gasteiger partial charge on any atom is 0.243 e. The fourth-order valence-corrected chi connectivity index (χ4v) is 4.81. The summed E-state index contributed by atoms with van der Waals surface area (Å²) in [5, 5.41) is 4.25. The Bertz CT molecular complexity index is 898. The van der Waals surface area contributed by atoms with Crippen LogP contribution in [0, 0.1) is 0 Å². The monoisotopic (exact) mass is 474 g/mol. The number of amides is 2. The molecule has 0 bridgehead atoms. The molecule has 3 rings (SSSR count). The SMILES string of the molecule is CCC(C(=O)NC1CCCCC1)N(Cc1ccc(Cl)cc1Cl)C(=O)CCc1ccccc1. The Hall–Kier alpha value is -2.04. The normalized spacial score (nSPS) is 15.2. The van der Waals surface area contributed by atoms with E-state index in [2.05, 4.69) is 5.32 Å². The maximum atomic E-state index is 13.4. The van der Waals surface area contributed by atoms with Gasteiger partial charge in [0.25, 0.3) is 0 Å². The third-order valence-electron chi connectivity index (χ3n) is 6.16. The summed E-state index contributed by atoms with van der Waals surface area (Å²) in [6.45, 7) is 2.23. The van der Waals surface area contributed by atoms with Crippen molar-refractivity contribution in [1.82, 2.24) is 10.2 Å². The van der Waals surface area contributed by atoms with Gasteiger partial charge in [-0.3, -0.25) is 9.59 Å². The van der Waals surface area contributed by atoms with Gasteiger partial charge in [-0.15, -0.1) is 0 Å². The molecule has 0 heterocycles. The van der Waals surface area contributed by atoms with Gasteiger partial charge >= 0.3 is 0 Å². The number of nitrogens with zero attached hydrogens (tertiary/aromatic N) is 1. The number of rotatable bonds is 9. The summed E-state index contributed by atoms with van der Waals surface area (Å²) in [7, 11) is 0. The summed E-state index contributed by atoms with van der Waals surface area (Å²) in [5.41, 5.74) is 1.89. The van der Waals surface area contributed by atoms with Gasteiger partial charge in [-0.2, -0.15) is 0 Å². The Morgan fingerprint density at radius 3 is 2.44 bits per heavy atom. The fourth-order valence-electron chi connectivity index (χ4n) is 4.34. The van der Waals surface area contributed by atoms with Crippen molar-refractivity contribution in [3.63, 3.8) is 0 Å². The smallest absolute Gasteiger partial charge is 0.243 e. The first-order valence-corrected chi connectivity index (χ1v) is 12.3. The van der Waals surface area contributed by atoms with Crippen LogP contribution in [-0.4, -0.2) is 28.8 Å². The summed E-state index contributed by atoms with van der Waals surface area (Å²) in [6.07, 6.45) is 7.03. The number of carbonyl (C=O) groups excluding carboxylic acids is 2. The van der Waals surface area contributed by atoms with Crippen molar-refractivity contribution in [2.45, 2.75) is 76.9 Å². The average molecular weight is 475 g/mol. The van der Waals surface area contributed by atoms with Crippen LogP contribution in [0.25, 0.3) is 0 Å². The minimum Gasteiger partial charge on any atom is -0.352 e. The third-order valence-corrected chi connectivity index (χ3v) is 6.75. The zero-order valence-electron chi connectivity index (χ0n) is 18.7. The average Bonchev–Trinajstić information content (AvgIpc) is 2.80. The first-order chi connectivity index (χ1) is 15.5. The molecule has 1 atom stereocenters. The zero-order valence-corrected chi connectivity index (χ0v) is 20.2. The molecule has 1 N–H and O–H groups in total. The van der Waals surface area contributed by atoms with E-state index in [1.54, 1.807) is 17.0 Å². The lowest BCUT2D eigenvalue weighted by atomic mass is 9.95. The number of hydrogen-bond acceptors (Lipinski definition) is 2. The predicted octanol–water partition coefficient (Wildman–Crippen LogP) is 6.18. The molecule has 6 heteroatoms. The van der Waals surface area contributed by atoms with Crippen LogP contribution in [0.1, 0.15) is 63.0 Å². The van der Waals surface area contributed by atoms with Gasteiger partial charge in [0, 0.05) is 29.1 Å². The van der Waals surface area contributed by atoms with E-state index >= 15 is 0 Å². The number of carbonyl (C=O) groups is 2. The minimum absolute atomic E-state index is 0.0505. The molecule has 1 aliphatic rings. The van der Waals surface area contributed by atoms with E-state index < -0.39 is 6.04 Å². The molecule has 0 spiro atoms. The molecule has 2 aromatic rings. The van der Waals surface area contributed by atoms with Gasteiger partial charge in [-0.05, 0) is 48.9 Å². The lowest BCUT2D eigenvalue weighted by Crippen LogP contribution is -2.51. The van der Waals surface area contributed by atoms with Crippen molar-refractivity contribution < 1.29 is 9.59 Å².